The van der Waals surface area contributed by atoms with Gasteiger partial charge in [0.2, 0.25) is 11.7 Å². The molecule has 0 atom stereocenters. The van der Waals surface area contributed by atoms with Crippen LogP contribution in [0.2, 0.25) is 0 Å². The molecule has 3 aromatic heterocycles. The lowest BCUT2D eigenvalue weighted by molar-refractivity contribution is -0.143. The number of para-hydroxylation sites is 1. The van der Waals surface area contributed by atoms with Gasteiger partial charge in [-0.05, 0) is 70.8 Å². The maximum atomic E-state index is 13.4. The lowest BCUT2D eigenvalue weighted by Crippen LogP contribution is -2.14. The van der Waals surface area contributed by atoms with Crippen LogP contribution in [0.1, 0.15) is 61.5 Å². The molecule has 14 nitrogen and oxygen atoms in total. The van der Waals surface area contributed by atoms with E-state index in [1.807, 2.05) is 85.0 Å². The highest BCUT2D eigenvalue weighted by Gasteiger charge is 2.17. The van der Waals surface area contributed by atoms with Crippen molar-refractivity contribution in [2.75, 3.05) is 35.0 Å². The topological polar surface area (TPSA) is 155 Å². The monoisotopic (exact) mass is 847 g/mol. The number of pyridine rings is 1. The Morgan fingerprint density at radius 1 is 0.683 bits per heavy atom. The summed E-state index contributed by atoms with van der Waals surface area (Å²) in [6.07, 6.45) is 14.9. The molecular weight excluding hydrogens is 803 g/mol. The molecule has 320 valence electrons. The molecule has 0 saturated carbocycles. The van der Waals surface area contributed by atoms with E-state index in [0.29, 0.717) is 47.2 Å². The van der Waals surface area contributed by atoms with Gasteiger partial charge in [0, 0.05) is 48.6 Å². The average molecular weight is 848 g/mol. The van der Waals surface area contributed by atoms with Crippen molar-refractivity contribution in [3.63, 3.8) is 0 Å². The minimum atomic E-state index is -0.566. The van der Waals surface area contributed by atoms with Crippen LogP contribution in [0.15, 0.2) is 116 Å². The van der Waals surface area contributed by atoms with Crippen LogP contribution in [0, 0.1) is 0 Å². The first kappa shape index (κ1) is 43.1. The first-order valence-electron chi connectivity index (χ1n) is 20.0. The fourth-order valence-corrected chi connectivity index (χ4v) is 6.82. The zero-order valence-electron chi connectivity index (χ0n) is 35.2. The van der Waals surface area contributed by atoms with Crippen LogP contribution in [0.5, 0.6) is 28.7 Å². The Balaban J connectivity index is 0.903. The number of rotatable bonds is 18. The Kier molecular flexibility index (Phi) is 14.0. The molecule has 0 amide bonds. The third-order valence-corrected chi connectivity index (χ3v) is 9.95. The predicted octanol–water partition coefficient (Wildman–Crippen LogP) is 8.48. The summed E-state index contributed by atoms with van der Waals surface area (Å²) >= 11 is 0. The summed E-state index contributed by atoms with van der Waals surface area (Å²) in [6, 6.07) is 27.4. The molecule has 0 fully saturated rings. The zero-order valence-corrected chi connectivity index (χ0v) is 35.2. The molecule has 3 heterocycles. The number of hydrogen-bond donors (Lipinski definition) is 0. The van der Waals surface area contributed by atoms with E-state index in [-0.39, 0.29) is 31.1 Å². The van der Waals surface area contributed by atoms with Gasteiger partial charge in [-0.1, -0.05) is 72.0 Å². The summed E-state index contributed by atoms with van der Waals surface area (Å²) < 4.78 is 36.3. The molecule has 0 aliphatic carbocycles. The standard InChI is InChI=1S/C49H45N5O9/c1-58-42-19-17-33(14-15-35-27-44(59-2)48(61-4)45(28-35)60-3)26-43(42)63-49(57)37-11-7-9-36(25-37)30-53-32-39(51-52-53)22-24-62-47(56)21-20-46(55)54-31-38(40-12-5-6-13-41(40)54)18-16-34-10-8-23-50-29-34/h5-19,23,25-29,31-32H,20-22,24,30H2,1-4H3/b15-14-,18-16+. The van der Waals surface area contributed by atoms with Crippen LogP contribution in [0.4, 0.5) is 0 Å². The highest BCUT2D eigenvalue weighted by molar-refractivity contribution is 5.99. The maximum absolute atomic E-state index is 13.4. The van der Waals surface area contributed by atoms with Gasteiger partial charge in [0.25, 0.3) is 0 Å². The van der Waals surface area contributed by atoms with Crippen LogP contribution >= 0.6 is 0 Å². The van der Waals surface area contributed by atoms with Crippen molar-refractivity contribution in [2.45, 2.75) is 25.8 Å². The highest BCUT2D eigenvalue weighted by atomic mass is 16.6. The normalized spacial score (nSPS) is 11.2. The molecule has 7 aromatic rings. The summed E-state index contributed by atoms with van der Waals surface area (Å²) in [5, 5.41) is 9.35. The van der Waals surface area contributed by atoms with E-state index >= 15 is 0 Å². The van der Waals surface area contributed by atoms with Crippen LogP contribution in [-0.4, -0.2) is 77.4 Å². The Bertz CT molecular complexity index is 2770. The van der Waals surface area contributed by atoms with Crippen molar-refractivity contribution in [3.8, 4) is 28.7 Å². The third-order valence-electron chi connectivity index (χ3n) is 9.95. The summed E-state index contributed by atoms with van der Waals surface area (Å²) in [7, 11) is 6.17. The maximum Gasteiger partial charge on any atom is 0.343 e. The molecule has 0 saturated heterocycles. The second-order valence-electron chi connectivity index (χ2n) is 14.2. The van der Waals surface area contributed by atoms with E-state index in [1.54, 1.807) is 85.7 Å². The molecule has 0 N–H and O–H groups in total. The molecule has 7 rings (SSSR count). The van der Waals surface area contributed by atoms with E-state index in [9.17, 15) is 14.4 Å². The first-order chi connectivity index (χ1) is 30.7. The summed E-state index contributed by atoms with van der Waals surface area (Å²) in [6.45, 7) is 0.407. The highest BCUT2D eigenvalue weighted by Crippen LogP contribution is 2.39. The summed E-state index contributed by atoms with van der Waals surface area (Å²) in [4.78, 5) is 43.4. The van der Waals surface area contributed by atoms with Gasteiger partial charge in [0.05, 0.1) is 64.8 Å². The number of fused-ring (bicyclic) bond motifs is 1. The predicted molar refractivity (Wildman–Crippen MR) is 238 cm³/mol. The average Bonchev–Trinajstić information content (AvgIpc) is 3.93. The Labute approximate surface area is 363 Å². The van der Waals surface area contributed by atoms with Gasteiger partial charge in [-0.25, -0.2) is 9.48 Å². The van der Waals surface area contributed by atoms with Gasteiger partial charge in [-0.15, -0.1) is 5.10 Å². The lowest BCUT2D eigenvalue weighted by Gasteiger charge is -2.13. The van der Waals surface area contributed by atoms with Crippen molar-refractivity contribution in [2.24, 2.45) is 0 Å². The Hall–Kier alpha value is -8.00. The van der Waals surface area contributed by atoms with Crippen molar-refractivity contribution >= 4 is 53.1 Å². The smallest absolute Gasteiger partial charge is 0.343 e. The molecule has 0 spiro atoms. The number of benzene rings is 4. The molecule has 0 aliphatic heterocycles. The van der Waals surface area contributed by atoms with Crippen molar-refractivity contribution in [1.29, 1.82) is 0 Å². The molecule has 0 unspecified atom stereocenters. The number of hydrogen-bond acceptors (Lipinski definition) is 12. The number of esters is 2. The number of aromatic nitrogens is 5. The SMILES string of the molecule is COc1ccc(/C=C\c2cc(OC)c(OC)c(OC)c2)cc1OC(=O)c1cccc(Cn2cc(CCOC(=O)CCC(=O)n3cc(/C=C/c4cccnc4)c4ccccc43)nn2)c1. The van der Waals surface area contributed by atoms with Crippen LogP contribution in [0.25, 0.3) is 35.2 Å². The van der Waals surface area contributed by atoms with Gasteiger partial charge >= 0.3 is 11.9 Å². The minimum Gasteiger partial charge on any atom is -0.493 e. The van der Waals surface area contributed by atoms with E-state index < -0.39 is 11.9 Å². The fraction of sp³-hybridized carbons (Fsp3) is 0.184. The number of carbonyl (C=O) groups is 3. The van der Waals surface area contributed by atoms with Gasteiger partial charge in [-0.2, -0.15) is 0 Å². The zero-order chi connectivity index (χ0) is 44.1. The molecule has 0 bridgehead atoms. The Morgan fingerprint density at radius 3 is 2.21 bits per heavy atom. The van der Waals surface area contributed by atoms with Crippen molar-refractivity contribution in [1.82, 2.24) is 24.5 Å². The molecule has 0 aliphatic rings. The second-order valence-corrected chi connectivity index (χ2v) is 14.2. The van der Waals surface area contributed by atoms with Gasteiger partial charge < -0.3 is 28.4 Å². The van der Waals surface area contributed by atoms with Crippen molar-refractivity contribution in [3.05, 3.63) is 155 Å². The van der Waals surface area contributed by atoms with Crippen LogP contribution < -0.4 is 23.7 Å². The van der Waals surface area contributed by atoms with Crippen LogP contribution in [0.3, 0.4) is 0 Å². The number of nitrogens with zero attached hydrogens (tertiary/aromatic N) is 5. The molecule has 14 heteroatoms. The van der Waals surface area contributed by atoms with Crippen LogP contribution in [-0.2, 0) is 22.5 Å². The quantitative estimate of drug-likeness (QED) is 0.0462. The second kappa shape index (κ2) is 20.5. The van der Waals surface area contributed by atoms with E-state index in [4.69, 9.17) is 28.4 Å². The number of methoxy groups -OCH3 is 4. The molecular formula is C49H45N5O9. The fourth-order valence-electron chi connectivity index (χ4n) is 6.82. The van der Waals surface area contributed by atoms with Gasteiger partial charge in [0.1, 0.15) is 0 Å². The Morgan fingerprint density at radius 2 is 1.44 bits per heavy atom. The van der Waals surface area contributed by atoms with E-state index in [1.165, 1.54) is 7.11 Å². The van der Waals surface area contributed by atoms with Gasteiger partial charge in [-0.3, -0.25) is 19.1 Å². The molecule has 4 aromatic carbocycles. The number of carbonyl (C=O) groups excluding carboxylic acids is 3. The lowest BCUT2D eigenvalue weighted by atomic mass is 10.1. The summed E-state index contributed by atoms with van der Waals surface area (Å²) in [5.41, 5.74) is 5.90. The van der Waals surface area contributed by atoms with E-state index in [2.05, 4.69) is 15.3 Å². The summed E-state index contributed by atoms with van der Waals surface area (Å²) in [5.74, 6) is 0.930. The first-order valence-corrected chi connectivity index (χ1v) is 20.0. The molecule has 0 radical (unpaired) electrons. The van der Waals surface area contributed by atoms with Crippen molar-refractivity contribution < 1.29 is 42.8 Å². The molecule has 63 heavy (non-hydrogen) atoms. The van der Waals surface area contributed by atoms with E-state index in [0.717, 1.165) is 38.7 Å². The number of ether oxygens (including phenoxy) is 6. The minimum absolute atomic E-state index is 0.0125. The van der Waals surface area contributed by atoms with Gasteiger partial charge in [0.15, 0.2) is 23.0 Å². The third kappa shape index (κ3) is 10.9. The largest absolute Gasteiger partial charge is 0.493 e.